The molecule has 2 aromatic rings. The Hall–Kier alpha value is -2.83. The van der Waals surface area contributed by atoms with Crippen LogP contribution in [0.3, 0.4) is 0 Å². The molecule has 154 valence electrons. The van der Waals surface area contributed by atoms with Crippen LogP contribution in [0.15, 0.2) is 53.4 Å². The highest BCUT2D eigenvalue weighted by molar-refractivity contribution is 7.89. The smallest absolute Gasteiger partial charge is 0.399 e. The number of imide groups is 1. The number of nitrogens with zero attached hydrogens (tertiary/aromatic N) is 1. The molecule has 1 aliphatic rings. The molecule has 0 aromatic heterocycles. The molecule has 1 atom stereocenters. The molecule has 8 nitrogen and oxygen atoms in total. The van der Waals surface area contributed by atoms with Crippen molar-refractivity contribution in [1.82, 2.24) is 10.0 Å². The van der Waals surface area contributed by atoms with Crippen molar-refractivity contribution in [2.75, 3.05) is 10.6 Å². The van der Waals surface area contributed by atoms with E-state index in [1.54, 1.807) is 0 Å². The minimum atomic E-state index is -5.51. The highest BCUT2D eigenvalue weighted by Crippen LogP contribution is 2.37. The van der Waals surface area contributed by atoms with Gasteiger partial charge in [-0.05, 0) is 42.5 Å². The van der Waals surface area contributed by atoms with Crippen LogP contribution in [0.5, 0.6) is 0 Å². The number of halogens is 4. The fraction of sp³-hybridized carbons (Fsp3) is 0.125. The normalized spacial score (nSPS) is 20.1. The predicted octanol–water partition coefficient (Wildman–Crippen LogP) is 2.22. The summed E-state index contributed by atoms with van der Waals surface area (Å²) in [5.74, 6) is -1.88. The van der Waals surface area contributed by atoms with Crippen molar-refractivity contribution >= 4 is 44.9 Å². The van der Waals surface area contributed by atoms with Crippen LogP contribution < -0.4 is 20.7 Å². The number of carbonyl (C=O) groups is 2. The molecule has 3 amide bonds. The molecular formula is C16H12ClF3N4O4S. The van der Waals surface area contributed by atoms with Gasteiger partial charge in [-0.25, -0.2) is 18.1 Å². The highest BCUT2D eigenvalue weighted by Gasteiger charge is 2.69. The van der Waals surface area contributed by atoms with Crippen LogP contribution in [0.1, 0.15) is 0 Å². The summed E-state index contributed by atoms with van der Waals surface area (Å²) in [5, 5.41) is 1.47. The number of rotatable bonds is 4. The average Bonchev–Trinajstić information content (AvgIpc) is 2.85. The Morgan fingerprint density at radius 2 is 1.72 bits per heavy atom. The first-order valence-corrected chi connectivity index (χ1v) is 9.62. The van der Waals surface area contributed by atoms with Gasteiger partial charge in [-0.15, -0.1) is 0 Å². The number of nitrogen functional groups attached to an aromatic ring is 1. The molecular weight excluding hydrogens is 437 g/mol. The zero-order valence-corrected chi connectivity index (χ0v) is 15.8. The van der Waals surface area contributed by atoms with E-state index in [1.807, 2.05) is 0 Å². The summed E-state index contributed by atoms with van der Waals surface area (Å²) < 4.78 is 67.9. The third kappa shape index (κ3) is 3.61. The Balaban J connectivity index is 2.08. The van der Waals surface area contributed by atoms with Gasteiger partial charge >= 0.3 is 12.2 Å². The minimum Gasteiger partial charge on any atom is -0.399 e. The van der Waals surface area contributed by atoms with E-state index >= 15 is 0 Å². The minimum absolute atomic E-state index is 0.0510. The number of hydrogen-bond acceptors (Lipinski definition) is 5. The summed E-state index contributed by atoms with van der Waals surface area (Å²) in [4.78, 5) is 24.5. The van der Waals surface area contributed by atoms with Crippen molar-refractivity contribution in [3.05, 3.63) is 53.6 Å². The van der Waals surface area contributed by atoms with Gasteiger partial charge in [0.15, 0.2) is 0 Å². The third-order valence-electron chi connectivity index (χ3n) is 3.99. The highest BCUT2D eigenvalue weighted by atomic mass is 35.5. The molecule has 29 heavy (non-hydrogen) atoms. The average molecular weight is 449 g/mol. The fourth-order valence-corrected chi connectivity index (χ4v) is 4.06. The summed E-state index contributed by atoms with van der Waals surface area (Å²) in [5.41, 5.74) is 1.44. The lowest BCUT2D eigenvalue weighted by molar-refractivity contribution is -0.194. The van der Waals surface area contributed by atoms with Gasteiger partial charge in [-0.2, -0.15) is 17.9 Å². The lowest BCUT2D eigenvalue weighted by Crippen LogP contribution is -2.69. The number of nitrogens with one attached hydrogen (secondary N) is 2. The van der Waals surface area contributed by atoms with E-state index in [9.17, 15) is 31.2 Å². The molecule has 0 spiro atoms. The number of urea groups is 1. The number of hydrogen-bond donors (Lipinski definition) is 3. The first kappa shape index (κ1) is 20.9. The number of anilines is 2. The molecule has 1 unspecified atom stereocenters. The molecule has 1 aliphatic heterocycles. The maximum Gasteiger partial charge on any atom is 0.435 e. The van der Waals surface area contributed by atoms with Gasteiger partial charge in [0.25, 0.3) is 11.6 Å². The van der Waals surface area contributed by atoms with Crippen LogP contribution in [0.2, 0.25) is 5.02 Å². The maximum atomic E-state index is 13.9. The van der Waals surface area contributed by atoms with E-state index < -0.39 is 38.7 Å². The molecule has 13 heteroatoms. The predicted molar refractivity (Wildman–Crippen MR) is 97.4 cm³/mol. The van der Waals surface area contributed by atoms with Crippen LogP contribution in [-0.4, -0.2) is 32.2 Å². The van der Waals surface area contributed by atoms with E-state index in [0.29, 0.717) is 0 Å². The van der Waals surface area contributed by atoms with E-state index in [2.05, 4.69) is 0 Å². The second-order valence-corrected chi connectivity index (χ2v) is 8.09. The first-order valence-electron chi connectivity index (χ1n) is 7.76. The molecule has 1 saturated heterocycles. The van der Waals surface area contributed by atoms with Gasteiger partial charge in [0.2, 0.25) is 10.0 Å². The van der Waals surface area contributed by atoms with Crippen molar-refractivity contribution < 1.29 is 31.2 Å². The number of nitrogens with two attached hydrogens (primary N) is 1. The molecule has 2 aromatic carbocycles. The lowest BCUT2D eigenvalue weighted by atomic mass is 10.1. The molecule has 4 N–H and O–H groups in total. The number of benzene rings is 2. The van der Waals surface area contributed by atoms with Crippen LogP contribution >= 0.6 is 11.6 Å². The van der Waals surface area contributed by atoms with Gasteiger partial charge in [0, 0.05) is 10.7 Å². The van der Waals surface area contributed by atoms with Crippen molar-refractivity contribution in [2.45, 2.75) is 16.7 Å². The Morgan fingerprint density at radius 3 is 2.28 bits per heavy atom. The van der Waals surface area contributed by atoms with E-state index in [0.717, 1.165) is 30.3 Å². The molecule has 0 saturated carbocycles. The van der Waals surface area contributed by atoms with Crippen molar-refractivity contribution in [1.29, 1.82) is 0 Å². The Bertz CT molecular complexity index is 1090. The molecule has 0 radical (unpaired) electrons. The first-order chi connectivity index (χ1) is 13.4. The van der Waals surface area contributed by atoms with E-state index in [4.69, 9.17) is 17.3 Å². The monoisotopic (exact) mass is 448 g/mol. The summed E-state index contributed by atoms with van der Waals surface area (Å²) >= 11 is 5.77. The molecule has 0 bridgehead atoms. The quantitative estimate of drug-likeness (QED) is 0.489. The van der Waals surface area contributed by atoms with E-state index in [-0.39, 0.29) is 21.3 Å². The standard InChI is InChI=1S/C16H12ClF3N4O4S/c17-9-2-1-3-11(8-9)24-13(25)15(16(18,19)20,22-14(24)26)23-29(27,28)12-6-4-10(21)5-7-12/h1-8,23H,21H2,(H,22,26). The number of alkyl halides is 3. The topological polar surface area (TPSA) is 122 Å². The summed E-state index contributed by atoms with van der Waals surface area (Å²) in [6.07, 6.45) is -5.51. The van der Waals surface area contributed by atoms with Gasteiger partial charge in [0.05, 0.1) is 10.6 Å². The molecule has 1 fully saturated rings. The zero-order chi connectivity index (χ0) is 21.6. The summed E-state index contributed by atoms with van der Waals surface area (Å²) in [6, 6.07) is 7.69. The van der Waals surface area contributed by atoms with Gasteiger partial charge in [-0.1, -0.05) is 17.7 Å². The summed E-state index contributed by atoms with van der Waals surface area (Å²) in [7, 11) is -4.89. The number of sulfonamides is 1. The van der Waals surface area contributed by atoms with Crippen LogP contribution in [0, 0.1) is 0 Å². The van der Waals surface area contributed by atoms with Crippen molar-refractivity contribution in [2.24, 2.45) is 0 Å². The largest absolute Gasteiger partial charge is 0.435 e. The fourth-order valence-electron chi connectivity index (χ4n) is 2.61. The van der Waals surface area contributed by atoms with Crippen molar-refractivity contribution in [3.63, 3.8) is 0 Å². The van der Waals surface area contributed by atoms with Crippen LogP contribution in [-0.2, 0) is 14.8 Å². The Morgan fingerprint density at radius 1 is 1.10 bits per heavy atom. The van der Waals surface area contributed by atoms with E-state index in [1.165, 1.54) is 28.2 Å². The molecule has 0 aliphatic carbocycles. The molecule has 3 rings (SSSR count). The zero-order valence-electron chi connectivity index (χ0n) is 14.2. The van der Waals surface area contributed by atoms with Gasteiger partial charge in [0.1, 0.15) is 0 Å². The second kappa shape index (κ2) is 6.90. The summed E-state index contributed by atoms with van der Waals surface area (Å²) in [6.45, 7) is 0. The molecule has 1 heterocycles. The Labute approximate surface area is 167 Å². The van der Waals surface area contributed by atoms with Gasteiger partial charge in [-0.3, -0.25) is 4.79 Å². The SMILES string of the molecule is Nc1ccc(S(=O)(=O)NC2(C(F)(F)F)NC(=O)N(c3cccc(Cl)c3)C2=O)cc1. The number of carbonyl (C=O) groups excluding carboxylic acids is 2. The lowest BCUT2D eigenvalue weighted by Gasteiger charge is -2.29. The van der Waals surface area contributed by atoms with Crippen LogP contribution in [0.25, 0.3) is 0 Å². The Kier molecular flexibility index (Phi) is 4.97. The second-order valence-electron chi connectivity index (χ2n) is 5.97. The van der Waals surface area contributed by atoms with Crippen molar-refractivity contribution in [3.8, 4) is 0 Å². The maximum absolute atomic E-state index is 13.9. The third-order valence-corrected chi connectivity index (χ3v) is 5.69. The van der Waals surface area contributed by atoms with Crippen LogP contribution in [0.4, 0.5) is 29.3 Å². The number of amides is 3. The van der Waals surface area contributed by atoms with Gasteiger partial charge < -0.3 is 11.1 Å².